The zero-order valence-electron chi connectivity index (χ0n) is 31.4. The third-order valence-corrected chi connectivity index (χ3v) is 13.6. The standard InChI is InChI=1S/C54H34N2OS/c1-2-13-35(14-3-1)55-46-20-8-4-15-38(46)43-29-33(25-27-48(43)55)37-19-12-22-49-53(37)41-18-5-9-21-47(41)56(49)36-31-42(54-45(32-36)40-17-7-11-24-52(40)58-54)34-26-28-51-44(30-34)39-16-6-10-23-50(39)57-51/h1-7,9-19,21-32H,8,20H2. The first-order valence-corrected chi connectivity index (χ1v) is 20.9. The van der Waals surface area contributed by atoms with Gasteiger partial charge in [-0.3, -0.25) is 0 Å². The molecule has 0 atom stereocenters. The zero-order valence-corrected chi connectivity index (χ0v) is 32.3. The molecule has 4 heterocycles. The Bertz CT molecular complexity index is 3680. The third kappa shape index (κ3) is 4.55. The van der Waals surface area contributed by atoms with Gasteiger partial charge < -0.3 is 13.6 Å². The molecule has 0 saturated carbocycles. The van der Waals surface area contributed by atoms with Crippen LogP contribution in [0.15, 0.2) is 180 Å². The monoisotopic (exact) mass is 758 g/mol. The van der Waals surface area contributed by atoms with Gasteiger partial charge in [-0.1, -0.05) is 109 Å². The fourth-order valence-electron chi connectivity index (χ4n) is 9.85. The number of furan rings is 1. The lowest BCUT2D eigenvalue weighted by Crippen LogP contribution is -2.02. The van der Waals surface area contributed by atoms with Gasteiger partial charge in [0.15, 0.2) is 0 Å². The number of hydrogen-bond acceptors (Lipinski definition) is 2. The van der Waals surface area contributed by atoms with Gasteiger partial charge in [-0.05, 0) is 102 Å². The molecule has 0 aliphatic heterocycles. The van der Waals surface area contributed by atoms with E-state index >= 15 is 0 Å². The number of fused-ring (bicyclic) bond motifs is 12. The quantitative estimate of drug-likeness (QED) is 0.175. The molecule has 1 aliphatic carbocycles. The molecule has 4 aromatic heterocycles. The third-order valence-electron chi connectivity index (χ3n) is 12.4. The lowest BCUT2D eigenvalue weighted by molar-refractivity contribution is 0.669. The largest absolute Gasteiger partial charge is 0.456 e. The maximum atomic E-state index is 6.27. The molecule has 0 saturated heterocycles. The zero-order chi connectivity index (χ0) is 37.9. The van der Waals surface area contributed by atoms with Crippen LogP contribution in [0.2, 0.25) is 0 Å². The Morgan fingerprint density at radius 1 is 0.466 bits per heavy atom. The van der Waals surface area contributed by atoms with E-state index in [1.807, 2.05) is 17.4 Å². The van der Waals surface area contributed by atoms with Gasteiger partial charge in [-0.15, -0.1) is 11.3 Å². The minimum absolute atomic E-state index is 0.912. The van der Waals surface area contributed by atoms with Crippen LogP contribution in [0.4, 0.5) is 0 Å². The molecule has 3 nitrogen and oxygen atoms in total. The molecular formula is C54H34N2OS. The average molecular weight is 759 g/mol. The molecule has 4 heteroatoms. The summed E-state index contributed by atoms with van der Waals surface area (Å²) in [4.78, 5) is 0. The minimum Gasteiger partial charge on any atom is -0.456 e. The van der Waals surface area contributed by atoms with Gasteiger partial charge in [0.1, 0.15) is 11.2 Å². The minimum atomic E-state index is 0.912. The first-order valence-electron chi connectivity index (χ1n) is 20.1. The van der Waals surface area contributed by atoms with Crippen molar-refractivity contribution in [2.75, 3.05) is 0 Å². The van der Waals surface area contributed by atoms with E-state index in [0.29, 0.717) is 0 Å². The second-order valence-electron chi connectivity index (χ2n) is 15.5. The Morgan fingerprint density at radius 2 is 1.19 bits per heavy atom. The maximum absolute atomic E-state index is 6.27. The van der Waals surface area contributed by atoms with Crippen LogP contribution in [-0.2, 0) is 6.42 Å². The number of benzene rings is 8. The first kappa shape index (κ1) is 32.0. The van der Waals surface area contributed by atoms with E-state index in [1.54, 1.807) is 0 Å². The lowest BCUT2D eigenvalue weighted by Gasteiger charge is -2.13. The fraction of sp³-hybridized carbons (Fsp3) is 0.0370. The highest BCUT2D eigenvalue weighted by molar-refractivity contribution is 7.26. The second-order valence-corrected chi connectivity index (χ2v) is 16.6. The Morgan fingerprint density at radius 3 is 2.12 bits per heavy atom. The molecule has 0 bridgehead atoms. The predicted molar refractivity (Wildman–Crippen MR) is 246 cm³/mol. The van der Waals surface area contributed by atoms with Crippen molar-refractivity contribution in [3.05, 3.63) is 187 Å². The summed E-state index contributed by atoms with van der Waals surface area (Å²) in [6, 6.07) is 62.4. The van der Waals surface area contributed by atoms with E-state index in [-0.39, 0.29) is 0 Å². The number of thiophene rings is 1. The molecule has 8 aromatic carbocycles. The van der Waals surface area contributed by atoms with Crippen LogP contribution in [0.25, 0.3) is 115 Å². The number of rotatable bonds is 4. The summed E-state index contributed by atoms with van der Waals surface area (Å²) in [7, 11) is 0. The molecule has 0 amide bonds. The van der Waals surface area contributed by atoms with Crippen LogP contribution in [0.1, 0.15) is 17.7 Å². The predicted octanol–water partition coefficient (Wildman–Crippen LogP) is 15.3. The van der Waals surface area contributed by atoms with E-state index in [4.69, 9.17) is 4.42 Å². The van der Waals surface area contributed by atoms with Crippen molar-refractivity contribution in [3.63, 3.8) is 0 Å². The summed E-state index contributed by atoms with van der Waals surface area (Å²) >= 11 is 1.88. The van der Waals surface area contributed by atoms with Gasteiger partial charge >= 0.3 is 0 Å². The van der Waals surface area contributed by atoms with Gasteiger partial charge in [0.25, 0.3) is 0 Å². The van der Waals surface area contributed by atoms with Crippen molar-refractivity contribution < 1.29 is 4.42 Å². The molecule has 0 radical (unpaired) electrons. The summed E-state index contributed by atoms with van der Waals surface area (Å²) in [6.07, 6.45) is 6.76. The number of aromatic nitrogens is 2. The Hall–Kier alpha value is -7.14. The van der Waals surface area contributed by atoms with E-state index in [0.717, 1.165) is 40.5 Å². The van der Waals surface area contributed by atoms with E-state index < -0.39 is 0 Å². The molecular weight excluding hydrogens is 725 g/mol. The summed E-state index contributed by atoms with van der Waals surface area (Å²) < 4.78 is 13.8. The molecule has 12 aromatic rings. The number of allylic oxidation sites excluding steroid dienone is 1. The van der Waals surface area contributed by atoms with Crippen molar-refractivity contribution in [1.29, 1.82) is 0 Å². The Kier molecular flexibility index (Phi) is 6.72. The van der Waals surface area contributed by atoms with Crippen LogP contribution in [0.5, 0.6) is 0 Å². The molecule has 1 aliphatic rings. The number of hydrogen-bond donors (Lipinski definition) is 0. The lowest BCUT2D eigenvalue weighted by atomic mass is 9.96. The number of para-hydroxylation sites is 3. The van der Waals surface area contributed by atoms with Gasteiger partial charge in [-0.25, -0.2) is 0 Å². The van der Waals surface area contributed by atoms with Crippen LogP contribution in [0.3, 0.4) is 0 Å². The Labute approximate surface area is 337 Å². The highest BCUT2D eigenvalue weighted by Gasteiger charge is 2.22. The molecule has 0 fully saturated rings. The summed E-state index contributed by atoms with van der Waals surface area (Å²) in [5.41, 5.74) is 15.5. The van der Waals surface area contributed by atoms with Crippen molar-refractivity contribution in [2.45, 2.75) is 12.8 Å². The molecule has 58 heavy (non-hydrogen) atoms. The SMILES string of the molecule is C1=Cc2c(n(-c3ccccc3)c3ccc(-c4cccc5c4c4ccccc4n5-c4cc(-c5ccc6oc7ccccc7c6c5)c5sc6ccccc6c5c4)cc23)CC1. The van der Waals surface area contributed by atoms with E-state index in [9.17, 15) is 0 Å². The topological polar surface area (TPSA) is 23.0 Å². The van der Waals surface area contributed by atoms with E-state index in [1.165, 1.54) is 92.1 Å². The highest BCUT2D eigenvalue weighted by atomic mass is 32.1. The van der Waals surface area contributed by atoms with Crippen LogP contribution >= 0.6 is 11.3 Å². The van der Waals surface area contributed by atoms with Gasteiger partial charge in [0.05, 0.1) is 16.6 Å². The van der Waals surface area contributed by atoms with Crippen molar-refractivity contribution in [2.24, 2.45) is 0 Å². The summed E-state index contributed by atoms with van der Waals surface area (Å²) in [5.74, 6) is 0. The van der Waals surface area contributed by atoms with Gasteiger partial charge in [-0.2, -0.15) is 0 Å². The average Bonchev–Trinajstić information content (AvgIpc) is 4.03. The summed E-state index contributed by atoms with van der Waals surface area (Å²) in [6.45, 7) is 0. The molecule has 272 valence electrons. The maximum Gasteiger partial charge on any atom is 0.135 e. The van der Waals surface area contributed by atoms with Crippen LogP contribution < -0.4 is 0 Å². The normalized spacial score (nSPS) is 13.0. The molecule has 0 spiro atoms. The van der Waals surface area contributed by atoms with Crippen molar-refractivity contribution in [3.8, 4) is 33.6 Å². The fourth-order valence-corrected chi connectivity index (χ4v) is 11.1. The second kappa shape index (κ2) is 12.2. The molecule has 0 N–H and O–H groups in total. The number of nitrogens with zero attached hydrogens (tertiary/aromatic N) is 2. The molecule has 0 unspecified atom stereocenters. The Balaban J connectivity index is 1.07. The van der Waals surface area contributed by atoms with Crippen LogP contribution in [0, 0.1) is 0 Å². The summed E-state index contributed by atoms with van der Waals surface area (Å²) in [5, 5.41) is 8.67. The van der Waals surface area contributed by atoms with Crippen molar-refractivity contribution in [1.82, 2.24) is 9.13 Å². The highest BCUT2D eigenvalue weighted by Crippen LogP contribution is 2.46. The molecule has 13 rings (SSSR count). The van der Waals surface area contributed by atoms with Crippen molar-refractivity contribution >= 4 is 92.2 Å². The van der Waals surface area contributed by atoms with Gasteiger partial charge in [0, 0.05) is 75.3 Å². The smallest absolute Gasteiger partial charge is 0.135 e. The van der Waals surface area contributed by atoms with E-state index in [2.05, 4.69) is 185 Å². The van der Waals surface area contributed by atoms with Gasteiger partial charge in [0.2, 0.25) is 0 Å². The first-order chi connectivity index (χ1) is 28.8. The van der Waals surface area contributed by atoms with Crippen LogP contribution in [-0.4, -0.2) is 9.13 Å².